The Labute approximate surface area is 83.3 Å². The SMILES string of the molecule is O=C(O)c1ccccc1C1CC1(F)P. The first kappa shape index (κ1) is 9.60. The largest absolute Gasteiger partial charge is 0.478 e. The first-order valence-corrected chi connectivity index (χ1v) is 4.90. The third kappa shape index (κ3) is 1.53. The molecular formula is C10H10FO2P. The van der Waals surface area contributed by atoms with Crippen molar-refractivity contribution < 1.29 is 14.3 Å². The fourth-order valence-corrected chi connectivity index (χ4v) is 2.03. The normalized spacial score (nSPS) is 30.0. The molecule has 0 aromatic heterocycles. The van der Waals surface area contributed by atoms with Crippen LogP contribution in [0.2, 0.25) is 0 Å². The zero-order valence-corrected chi connectivity index (χ0v) is 8.56. The van der Waals surface area contributed by atoms with E-state index >= 15 is 0 Å². The molecule has 1 aliphatic carbocycles. The van der Waals surface area contributed by atoms with E-state index in [0.29, 0.717) is 12.0 Å². The third-order valence-electron chi connectivity index (χ3n) is 2.50. The maximum Gasteiger partial charge on any atom is 0.335 e. The molecule has 3 atom stereocenters. The minimum Gasteiger partial charge on any atom is -0.478 e. The van der Waals surface area contributed by atoms with Gasteiger partial charge in [0.25, 0.3) is 0 Å². The van der Waals surface area contributed by atoms with Gasteiger partial charge in [-0.05, 0) is 18.1 Å². The van der Waals surface area contributed by atoms with E-state index in [0.717, 1.165) is 0 Å². The monoisotopic (exact) mass is 212 g/mol. The number of hydrogen-bond donors (Lipinski definition) is 1. The summed E-state index contributed by atoms with van der Waals surface area (Å²) in [6, 6.07) is 6.58. The van der Waals surface area contributed by atoms with Gasteiger partial charge in [-0.25, -0.2) is 9.18 Å². The number of carbonyl (C=O) groups is 1. The van der Waals surface area contributed by atoms with Crippen molar-refractivity contribution in [1.82, 2.24) is 0 Å². The summed E-state index contributed by atoms with van der Waals surface area (Å²) in [4.78, 5) is 10.8. The first-order chi connectivity index (χ1) is 6.52. The number of hydrogen-bond acceptors (Lipinski definition) is 1. The summed E-state index contributed by atoms with van der Waals surface area (Å²) in [6.07, 6.45) is 0.391. The second-order valence-corrected chi connectivity index (χ2v) is 4.54. The molecule has 0 amide bonds. The quantitative estimate of drug-likeness (QED) is 0.764. The third-order valence-corrected chi connectivity index (χ3v) is 3.14. The topological polar surface area (TPSA) is 37.3 Å². The van der Waals surface area contributed by atoms with Crippen molar-refractivity contribution in [2.24, 2.45) is 0 Å². The van der Waals surface area contributed by atoms with Gasteiger partial charge in [0, 0.05) is 5.92 Å². The second kappa shape index (κ2) is 3.03. The second-order valence-electron chi connectivity index (χ2n) is 3.58. The van der Waals surface area contributed by atoms with Crippen LogP contribution in [-0.2, 0) is 0 Å². The molecule has 14 heavy (non-hydrogen) atoms. The lowest BCUT2D eigenvalue weighted by Crippen LogP contribution is -2.03. The van der Waals surface area contributed by atoms with E-state index in [1.807, 2.05) is 0 Å². The highest BCUT2D eigenvalue weighted by Gasteiger charge is 2.53. The molecule has 4 heteroatoms. The Hall–Kier alpha value is -0.950. The minimum atomic E-state index is -1.30. The van der Waals surface area contributed by atoms with Crippen molar-refractivity contribution >= 4 is 15.2 Å². The van der Waals surface area contributed by atoms with E-state index in [4.69, 9.17) is 5.11 Å². The molecule has 0 saturated heterocycles. The summed E-state index contributed by atoms with van der Waals surface area (Å²) in [5.74, 6) is -1.27. The minimum absolute atomic E-state index is 0.208. The van der Waals surface area contributed by atoms with Crippen molar-refractivity contribution in [3.05, 3.63) is 35.4 Å². The molecule has 0 heterocycles. The molecule has 3 unspecified atom stereocenters. The van der Waals surface area contributed by atoms with Crippen LogP contribution in [0.25, 0.3) is 0 Å². The molecule has 0 spiro atoms. The number of aromatic carboxylic acids is 1. The van der Waals surface area contributed by atoms with Crippen LogP contribution in [0.5, 0.6) is 0 Å². The van der Waals surface area contributed by atoms with Crippen molar-refractivity contribution in [3.8, 4) is 0 Å². The van der Waals surface area contributed by atoms with E-state index < -0.39 is 11.4 Å². The predicted octanol–water partition coefficient (Wildman–Crippen LogP) is 2.41. The summed E-state index contributed by atoms with van der Waals surface area (Å²) >= 11 is 0. The van der Waals surface area contributed by atoms with Crippen LogP contribution in [-0.4, -0.2) is 16.5 Å². The van der Waals surface area contributed by atoms with Gasteiger partial charge in [-0.15, -0.1) is 0 Å². The molecule has 0 aliphatic heterocycles. The maximum atomic E-state index is 13.4. The van der Waals surface area contributed by atoms with Crippen molar-refractivity contribution in [1.29, 1.82) is 0 Å². The van der Waals surface area contributed by atoms with E-state index in [-0.39, 0.29) is 11.5 Å². The number of carboxylic acid groups (broad SMARTS) is 1. The van der Waals surface area contributed by atoms with Gasteiger partial charge in [0.15, 0.2) is 0 Å². The van der Waals surface area contributed by atoms with Gasteiger partial charge in [-0.1, -0.05) is 27.4 Å². The molecule has 0 radical (unpaired) electrons. The maximum absolute atomic E-state index is 13.4. The van der Waals surface area contributed by atoms with Gasteiger partial charge in [0.05, 0.1) is 5.56 Å². The highest BCUT2D eigenvalue weighted by Crippen LogP contribution is 2.59. The summed E-state index contributed by atoms with van der Waals surface area (Å²) in [5, 5.41) is 7.58. The molecule has 1 saturated carbocycles. The Balaban J connectivity index is 2.39. The van der Waals surface area contributed by atoms with Crippen molar-refractivity contribution in [3.63, 3.8) is 0 Å². The fourth-order valence-electron chi connectivity index (χ4n) is 1.62. The van der Waals surface area contributed by atoms with Crippen LogP contribution in [0.3, 0.4) is 0 Å². The molecule has 2 nitrogen and oxygen atoms in total. The Morgan fingerprint density at radius 1 is 1.57 bits per heavy atom. The predicted molar refractivity (Wildman–Crippen MR) is 54.3 cm³/mol. The average Bonchev–Trinajstić information content (AvgIpc) is 2.75. The molecule has 74 valence electrons. The van der Waals surface area contributed by atoms with Crippen LogP contribution < -0.4 is 0 Å². The van der Waals surface area contributed by atoms with Gasteiger partial charge < -0.3 is 5.11 Å². The van der Waals surface area contributed by atoms with Crippen LogP contribution >= 0.6 is 9.24 Å². The van der Waals surface area contributed by atoms with E-state index in [2.05, 4.69) is 9.24 Å². The summed E-state index contributed by atoms with van der Waals surface area (Å²) in [6.45, 7) is 0. The Morgan fingerprint density at radius 2 is 2.14 bits per heavy atom. The van der Waals surface area contributed by atoms with Crippen molar-refractivity contribution in [2.75, 3.05) is 0 Å². The smallest absolute Gasteiger partial charge is 0.335 e. The molecule has 1 N–H and O–H groups in total. The molecule has 1 aromatic carbocycles. The zero-order chi connectivity index (χ0) is 10.3. The molecule has 1 fully saturated rings. The number of alkyl halides is 1. The lowest BCUT2D eigenvalue weighted by Gasteiger charge is -2.05. The van der Waals surface area contributed by atoms with Crippen LogP contribution in [0.1, 0.15) is 28.3 Å². The van der Waals surface area contributed by atoms with E-state index in [1.54, 1.807) is 18.2 Å². The molecule has 2 rings (SSSR count). The Kier molecular flexibility index (Phi) is 2.07. The van der Waals surface area contributed by atoms with E-state index in [1.165, 1.54) is 6.07 Å². The Morgan fingerprint density at radius 3 is 2.64 bits per heavy atom. The highest BCUT2D eigenvalue weighted by molar-refractivity contribution is 7.19. The number of rotatable bonds is 2. The van der Waals surface area contributed by atoms with Crippen LogP contribution in [0, 0.1) is 0 Å². The standard InChI is InChI=1S/C10H10FO2P/c11-10(14)5-8(10)6-3-1-2-4-7(6)9(12)13/h1-4,8H,5,14H2,(H,12,13). The Bertz CT molecular complexity index is 389. The molecular weight excluding hydrogens is 202 g/mol. The van der Waals surface area contributed by atoms with E-state index in [9.17, 15) is 9.18 Å². The van der Waals surface area contributed by atoms with Crippen molar-refractivity contribution in [2.45, 2.75) is 17.7 Å². The van der Waals surface area contributed by atoms with Gasteiger partial charge in [0.2, 0.25) is 0 Å². The molecule has 0 bridgehead atoms. The first-order valence-electron chi connectivity index (χ1n) is 4.32. The summed E-state index contributed by atoms with van der Waals surface area (Å²) in [7, 11) is 2.13. The number of halogens is 1. The molecule has 1 aromatic rings. The highest BCUT2D eigenvalue weighted by atomic mass is 31.0. The number of benzene rings is 1. The molecule has 1 aliphatic rings. The van der Waals surface area contributed by atoms with Gasteiger partial charge >= 0.3 is 5.97 Å². The van der Waals surface area contributed by atoms with Gasteiger partial charge in [-0.3, -0.25) is 0 Å². The summed E-state index contributed by atoms with van der Waals surface area (Å²) < 4.78 is 13.4. The lowest BCUT2D eigenvalue weighted by molar-refractivity contribution is 0.0695. The van der Waals surface area contributed by atoms with Crippen LogP contribution in [0.4, 0.5) is 4.39 Å². The number of carboxylic acids is 1. The van der Waals surface area contributed by atoms with Gasteiger partial charge in [0.1, 0.15) is 5.41 Å². The zero-order valence-electron chi connectivity index (χ0n) is 7.40. The lowest BCUT2D eigenvalue weighted by atomic mass is 10.0. The fraction of sp³-hybridized carbons (Fsp3) is 0.300. The average molecular weight is 212 g/mol. The van der Waals surface area contributed by atoms with Crippen LogP contribution in [0.15, 0.2) is 24.3 Å². The summed E-state index contributed by atoms with van der Waals surface area (Å²) in [5.41, 5.74) is 0.803. The van der Waals surface area contributed by atoms with Gasteiger partial charge in [-0.2, -0.15) is 0 Å².